The van der Waals surface area contributed by atoms with Gasteiger partial charge in [-0.05, 0) is 50.0 Å². The summed E-state index contributed by atoms with van der Waals surface area (Å²) in [5.74, 6) is -2.01. The number of hydrogen-bond acceptors (Lipinski definition) is 9. The lowest BCUT2D eigenvalue weighted by atomic mass is 10.0. The number of methoxy groups -OCH3 is 1. The molecule has 0 bridgehead atoms. The summed E-state index contributed by atoms with van der Waals surface area (Å²) >= 11 is 0. The van der Waals surface area contributed by atoms with E-state index in [2.05, 4.69) is 41.3 Å². The van der Waals surface area contributed by atoms with E-state index in [0.717, 1.165) is 6.42 Å². The van der Waals surface area contributed by atoms with Crippen LogP contribution in [0, 0.1) is 11.8 Å². The molecule has 0 saturated carbocycles. The van der Waals surface area contributed by atoms with Gasteiger partial charge in [-0.1, -0.05) is 32.9 Å². The Morgan fingerprint density at radius 1 is 1.12 bits per heavy atom. The number of benzene rings is 1. The van der Waals surface area contributed by atoms with Crippen molar-refractivity contribution in [3.63, 3.8) is 0 Å². The van der Waals surface area contributed by atoms with Crippen LogP contribution in [0.1, 0.15) is 51.7 Å². The molecule has 0 saturated heterocycles. The predicted molar refractivity (Wildman–Crippen MR) is 153 cm³/mol. The number of aliphatic imine (C=N–C) groups is 1. The molecule has 1 aromatic carbocycles. The van der Waals surface area contributed by atoms with Gasteiger partial charge in [0.15, 0.2) is 5.78 Å². The van der Waals surface area contributed by atoms with Crippen LogP contribution in [0.4, 0.5) is 0 Å². The zero-order valence-electron chi connectivity index (χ0n) is 24.5. The first-order valence-electron chi connectivity index (χ1n) is 13.1. The van der Waals surface area contributed by atoms with Crippen LogP contribution in [0.5, 0.6) is 5.75 Å². The molecule has 0 radical (unpaired) electrons. The highest BCUT2D eigenvalue weighted by Gasteiger charge is 2.30. The maximum absolute atomic E-state index is 13.2. The Bertz CT molecular complexity index is 1070. The van der Waals surface area contributed by atoms with Gasteiger partial charge in [-0.15, -0.1) is 0 Å². The van der Waals surface area contributed by atoms with E-state index in [4.69, 9.17) is 9.57 Å². The van der Waals surface area contributed by atoms with E-state index in [1.54, 1.807) is 44.0 Å². The van der Waals surface area contributed by atoms with Gasteiger partial charge in [-0.3, -0.25) is 29.1 Å². The van der Waals surface area contributed by atoms with E-state index in [9.17, 15) is 24.3 Å². The topological polar surface area (TPSA) is 159 Å². The molecule has 1 rings (SSSR count). The second kappa shape index (κ2) is 17.0. The SMILES string of the molecule is C=NOC(=NC)c1ccc(OC)c(CC(=O)NC(C(=O)NC(CC(=O)O)C(=O)CN(C)CCC(C)C)C(C)C)c1. The molecule has 0 fully saturated rings. The maximum Gasteiger partial charge on any atom is 0.305 e. The third-order valence-electron chi connectivity index (χ3n) is 6.10. The Balaban J connectivity index is 3.04. The van der Waals surface area contributed by atoms with Gasteiger partial charge in [-0.25, -0.2) is 0 Å². The van der Waals surface area contributed by atoms with Crippen molar-refractivity contribution in [2.24, 2.45) is 22.0 Å². The molecule has 12 nitrogen and oxygen atoms in total. The van der Waals surface area contributed by atoms with E-state index in [0.29, 0.717) is 29.3 Å². The average Bonchev–Trinajstić information content (AvgIpc) is 2.88. The first-order chi connectivity index (χ1) is 18.8. The molecule has 0 aromatic heterocycles. The molecular weight excluding hydrogens is 518 g/mol. The van der Waals surface area contributed by atoms with Gasteiger partial charge in [0.25, 0.3) is 5.90 Å². The van der Waals surface area contributed by atoms with Gasteiger partial charge in [0, 0.05) is 24.9 Å². The Kier molecular flexibility index (Phi) is 14.6. The number of aliphatic carboxylic acids is 1. The molecule has 12 heteroatoms. The number of carbonyl (C=O) groups is 4. The Hall–Kier alpha value is -3.80. The Morgan fingerprint density at radius 2 is 1.80 bits per heavy atom. The van der Waals surface area contributed by atoms with Gasteiger partial charge >= 0.3 is 5.97 Å². The molecule has 2 atom stereocenters. The number of Topliss-reactive ketones (excluding diaryl/α,β-unsaturated/α-hetero) is 1. The minimum Gasteiger partial charge on any atom is -0.496 e. The molecule has 222 valence electrons. The molecule has 2 unspecified atom stereocenters. The van der Waals surface area contributed by atoms with Crippen LogP contribution in [0.2, 0.25) is 0 Å². The van der Waals surface area contributed by atoms with Crippen LogP contribution in [-0.4, -0.2) is 92.6 Å². The number of ketones is 1. The third kappa shape index (κ3) is 11.5. The fourth-order valence-corrected chi connectivity index (χ4v) is 3.88. The molecule has 40 heavy (non-hydrogen) atoms. The first-order valence-corrected chi connectivity index (χ1v) is 13.1. The highest BCUT2D eigenvalue weighted by atomic mass is 16.6. The van der Waals surface area contributed by atoms with Crippen molar-refractivity contribution in [2.45, 2.75) is 59.0 Å². The Morgan fingerprint density at radius 3 is 2.33 bits per heavy atom. The van der Waals surface area contributed by atoms with Gasteiger partial charge in [-0.2, -0.15) is 0 Å². The second-order valence-corrected chi connectivity index (χ2v) is 10.3. The number of hydrogen-bond donors (Lipinski definition) is 3. The maximum atomic E-state index is 13.2. The molecule has 0 spiro atoms. The van der Waals surface area contributed by atoms with Crippen molar-refractivity contribution in [3.05, 3.63) is 29.3 Å². The lowest BCUT2D eigenvalue weighted by Crippen LogP contribution is -2.55. The lowest BCUT2D eigenvalue weighted by Gasteiger charge is -2.26. The smallest absolute Gasteiger partial charge is 0.305 e. The monoisotopic (exact) mass is 561 g/mol. The first kappa shape index (κ1) is 34.2. The number of carboxylic acid groups (broad SMARTS) is 1. The zero-order valence-corrected chi connectivity index (χ0v) is 24.5. The molecule has 0 aliphatic carbocycles. The summed E-state index contributed by atoms with van der Waals surface area (Å²) in [5.41, 5.74) is 1.06. The molecule has 1 aromatic rings. The third-order valence-corrected chi connectivity index (χ3v) is 6.10. The largest absolute Gasteiger partial charge is 0.496 e. The molecule has 2 amide bonds. The zero-order chi connectivity index (χ0) is 30.4. The number of carboxylic acids is 1. The number of carbonyl (C=O) groups excluding carboxylic acids is 3. The van der Waals surface area contributed by atoms with Crippen LogP contribution in [0.3, 0.4) is 0 Å². The fraction of sp³-hybridized carbons (Fsp3) is 0.571. The normalized spacial score (nSPS) is 13.1. The summed E-state index contributed by atoms with van der Waals surface area (Å²) in [6, 6.07) is 2.77. The average molecular weight is 562 g/mol. The number of nitrogens with one attached hydrogen (secondary N) is 2. The highest BCUT2D eigenvalue weighted by Crippen LogP contribution is 2.22. The summed E-state index contributed by atoms with van der Waals surface area (Å²) in [7, 11) is 4.77. The quantitative estimate of drug-likeness (QED) is 0.148. The summed E-state index contributed by atoms with van der Waals surface area (Å²) in [6.07, 6.45) is 0.179. The minimum atomic E-state index is -1.23. The van der Waals surface area contributed by atoms with Crippen molar-refractivity contribution < 1.29 is 33.9 Å². The van der Waals surface area contributed by atoms with Crippen LogP contribution < -0.4 is 15.4 Å². The second-order valence-electron chi connectivity index (χ2n) is 10.3. The molecule has 3 N–H and O–H groups in total. The van der Waals surface area contributed by atoms with Crippen LogP contribution in [0.15, 0.2) is 28.3 Å². The molecule has 0 heterocycles. The molecular formula is C28H43N5O7. The summed E-state index contributed by atoms with van der Waals surface area (Å²) in [6.45, 7) is 11.6. The number of oxime groups is 1. The van der Waals surface area contributed by atoms with Crippen molar-refractivity contribution >= 4 is 36.2 Å². The number of nitrogens with zero attached hydrogens (tertiary/aromatic N) is 3. The standard InChI is InChI=1S/C28H43N5O7/c1-17(2)11-12-33(7)16-22(34)21(15-25(36)37)31-27(38)26(18(3)4)32-24(35)14-20-13-19(9-10-23(20)39-8)28(29-5)40-30-6/h9-10,13,17-18,21,26H,6,11-12,14-16H2,1-5,7-8H3,(H,31,38)(H,32,35)(H,36,37). The summed E-state index contributed by atoms with van der Waals surface area (Å²) in [4.78, 5) is 61.5. The number of rotatable bonds is 17. The van der Waals surface area contributed by atoms with Crippen molar-refractivity contribution in [3.8, 4) is 5.75 Å². The molecule has 0 aliphatic rings. The van der Waals surface area contributed by atoms with Crippen LogP contribution in [-0.2, 0) is 30.4 Å². The van der Waals surface area contributed by atoms with Gasteiger partial charge < -0.3 is 25.3 Å². The van der Waals surface area contributed by atoms with E-state index >= 15 is 0 Å². The minimum absolute atomic E-state index is 0.00603. The van der Waals surface area contributed by atoms with E-state index in [-0.39, 0.29) is 24.8 Å². The van der Waals surface area contributed by atoms with E-state index < -0.39 is 42.1 Å². The van der Waals surface area contributed by atoms with Crippen molar-refractivity contribution in [1.29, 1.82) is 0 Å². The highest BCUT2D eigenvalue weighted by molar-refractivity contribution is 5.96. The number of likely N-dealkylation sites (N-methyl/N-ethyl adjacent to an activating group) is 1. The Labute approximate surface area is 236 Å². The van der Waals surface area contributed by atoms with E-state index in [1.807, 2.05) is 0 Å². The lowest BCUT2D eigenvalue weighted by molar-refractivity contribution is -0.141. The van der Waals surface area contributed by atoms with E-state index in [1.165, 1.54) is 14.2 Å². The summed E-state index contributed by atoms with van der Waals surface area (Å²) < 4.78 is 5.38. The predicted octanol–water partition coefficient (Wildman–Crippen LogP) is 1.89. The summed E-state index contributed by atoms with van der Waals surface area (Å²) in [5, 5.41) is 18.0. The van der Waals surface area contributed by atoms with Crippen molar-refractivity contribution in [1.82, 2.24) is 15.5 Å². The number of amides is 2. The fourth-order valence-electron chi connectivity index (χ4n) is 3.88. The van der Waals surface area contributed by atoms with Crippen LogP contribution >= 0.6 is 0 Å². The molecule has 0 aliphatic heterocycles. The van der Waals surface area contributed by atoms with Crippen LogP contribution in [0.25, 0.3) is 0 Å². The van der Waals surface area contributed by atoms with Gasteiger partial charge in [0.2, 0.25) is 11.8 Å². The number of ether oxygens (including phenoxy) is 1. The van der Waals surface area contributed by atoms with Crippen molar-refractivity contribution in [2.75, 3.05) is 34.3 Å². The van der Waals surface area contributed by atoms with Gasteiger partial charge in [0.05, 0.1) is 32.5 Å². The van der Waals surface area contributed by atoms with Gasteiger partial charge in [0.1, 0.15) is 11.8 Å².